The lowest BCUT2D eigenvalue weighted by Gasteiger charge is -2.02. The Balaban J connectivity index is 2.25. The molecular formula is C10H10O3. The summed E-state index contributed by atoms with van der Waals surface area (Å²) in [5, 5.41) is 0. The first-order valence-corrected chi connectivity index (χ1v) is 4.23. The van der Waals surface area contributed by atoms with Gasteiger partial charge >= 0.3 is 0 Å². The number of carbonyl (C=O) groups excluding carboxylic acids is 1. The number of para-hydroxylation sites is 1. The molecule has 0 N–H and O–H groups in total. The van der Waals surface area contributed by atoms with Crippen LogP contribution in [0.1, 0.15) is 12.0 Å². The Morgan fingerprint density at radius 2 is 2.31 bits per heavy atom. The van der Waals surface area contributed by atoms with Crippen LogP contribution in [0.4, 0.5) is 0 Å². The highest BCUT2D eigenvalue weighted by Gasteiger charge is 2.16. The Bertz CT molecular complexity index is 320. The van der Waals surface area contributed by atoms with Gasteiger partial charge in [0.25, 0.3) is 0 Å². The maximum absolute atomic E-state index is 10.2. The second kappa shape index (κ2) is 3.47. The predicted octanol–water partition coefficient (Wildman–Crippen LogP) is 1.55. The SMILES string of the molecule is O=CCCc1cccc2c1OCO2. The first-order chi connectivity index (χ1) is 6.42. The lowest BCUT2D eigenvalue weighted by atomic mass is 10.1. The molecule has 2 rings (SSSR count). The quantitative estimate of drug-likeness (QED) is 0.659. The van der Waals surface area contributed by atoms with E-state index in [-0.39, 0.29) is 6.79 Å². The number of aldehydes is 1. The van der Waals surface area contributed by atoms with Crippen molar-refractivity contribution in [3.05, 3.63) is 23.8 Å². The largest absolute Gasteiger partial charge is 0.454 e. The zero-order valence-electron chi connectivity index (χ0n) is 7.16. The monoisotopic (exact) mass is 178 g/mol. The van der Waals surface area contributed by atoms with Crippen molar-refractivity contribution >= 4 is 6.29 Å². The van der Waals surface area contributed by atoms with E-state index in [2.05, 4.69) is 0 Å². The van der Waals surface area contributed by atoms with Crippen LogP contribution < -0.4 is 9.47 Å². The van der Waals surface area contributed by atoms with Gasteiger partial charge in [0, 0.05) is 6.42 Å². The molecule has 1 heterocycles. The summed E-state index contributed by atoms with van der Waals surface area (Å²) in [7, 11) is 0. The average molecular weight is 178 g/mol. The Hall–Kier alpha value is -1.51. The van der Waals surface area contributed by atoms with Gasteiger partial charge in [0.2, 0.25) is 6.79 Å². The van der Waals surface area contributed by atoms with E-state index in [1.54, 1.807) is 0 Å². The van der Waals surface area contributed by atoms with Crippen molar-refractivity contribution in [1.29, 1.82) is 0 Å². The van der Waals surface area contributed by atoms with Crippen LogP contribution in [-0.2, 0) is 11.2 Å². The third-order valence-electron chi connectivity index (χ3n) is 2.01. The van der Waals surface area contributed by atoms with E-state index in [0.29, 0.717) is 6.42 Å². The van der Waals surface area contributed by atoms with E-state index in [1.807, 2.05) is 18.2 Å². The summed E-state index contributed by atoms with van der Waals surface area (Å²) >= 11 is 0. The second-order valence-corrected chi connectivity index (χ2v) is 2.86. The molecular weight excluding hydrogens is 168 g/mol. The van der Waals surface area contributed by atoms with E-state index >= 15 is 0 Å². The zero-order chi connectivity index (χ0) is 9.10. The maximum atomic E-state index is 10.2. The molecule has 0 radical (unpaired) electrons. The fourth-order valence-electron chi connectivity index (χ4n) is 1.40. The molecule has 3 heteroatoms. The van der Waals surface area contributed by atoms with Crippen molar-refractivity contribution in [3.63, 3.8) is 0 Å². The number of benzene rings is 1. The van der Waals surface area contributed by atoms with Crippen LogP contribution in [0, 0.1) is 0 Å². The summed E-state index contributed by atoms with van der Waals surface area (Å²) in [6, 6.07) is 5.73. The van der Waals surface area contributed by atoms with Crippen LogP contribution >= 0.6 is 0 Å². The summed E-state index contributed by atoms with van der Waals surface area (Å²) in [5.74, 6) is 1.58. The highest BCUT2D eigenvalue weighted by atomic mass is 16.7. The predicted molar refractivity (Wildman–Crippen MR) is 47.0 cm³/mol. The number of aryl methyl sites for hydroxylation is 1. The van der Waals surface area contributed by atoms with Crippen LogP contribution in [0.5, 0.6) is 11.5 Å². The van der Waals surface area contributed by atoms with E-state index in [9.17, 15) is 4.79 Å². The zero-order valence-corrected chi connectivity index (χ0v) is 7.16. The second-order valence-electron chi connectivity index (χ2n) is 2.86. The van der Waals surface area contributed by atoms with Gasteiger partial charge < -0.3 is 14.3 Å². The topological polar surface area (TPSA) is 35.5 Å². The van der Waals surface area contributed by atoms with Crippen LogP contribution in [0.25, 0.3) is 0 Å². The molecule has 0 spiro atoms. The highest BCUT2D eigenvalue weighted by molar-refractivity contribution is 5.53. The number of fused-ring (bicyclic) bond motifs is 1. The summed E-state index contributed by atoms with van der Waals surface area (Å²) in [6.07, 6.45) is 2.16. The molecule has 0 saturated carbocycles. The van der Waals surface area contributed by atoms with Crippen molar-refractivity contribution in [2.24, 2.45) is 0 Å². The van der Waals surface area contributed by atoms with Gasteiger partial charge in [0.1, 0.15) is 6.29 Å². The minimum absolute atomic E-state index is 0.285. The third kappa shape index (κ3) is 1.49. The summed E-state index contributed by atoms with van der Waals surface area (Å²) in [5.41, 5.74) is 1.04. The van der Waals surface area contributed by atoms with E-state index < -0.39 is 0 Å². The molecule has 68 valence electrons. The van der Waals surface area contributed by atoms with Crippen LogP contribution in [-0.4, -0.2) is 13.1 Å². The van der Waals surface area contributed by atoms with Gasteiger partial charge in [-0.15, -0.1) is 0 Å². The molecule has 1 aliphatic rings. The highest BCUT2D eigenvalue weighted by Crippen LogP contribution is 2.35. The van der Waals surface area contributed by atoms with Crippen molar-refractivity contribution < 1.29 is 14.3 Å². The molecule has 0 amide bonds. The molecule has 0 unspecified atom stereocenters. The number of carbonyl (C=O) groups is 1. The Morgan fingerprint density at radius 3 is 3.15 bits per heavy atom. The molecule has 1 aromatic rings. The van der Waals surface area contributed by atoms with Gasteiger partial charge in [0.05, 0.1) is 0 Å². The Morgan fingerprint density at radius 1 is 1.38 bits per heavy atom. The van der Waals surface area contributed by atoms with Gasteiger partial charge in [-0.3, -0.25) is 0 Å². The molecule has 0 bridgehead atoms. The molecule has 0 fully saturated rings. The number of hydrogen-bond acceptors (Lipinski definition) is 3. The van der Waals surface area contributed by atoms with Gasteiger partial charge in [-0.1, -0.05) is 12.1 Å². The van der Waals surface area contributed by atoms with E-state index in [4.69, 9.17) is 9.47 Å². The van der Waals surface area contributed by atoms with Gasteiger partial charge in [-0.2, -0.15) is 0 Å². The first kappa shape index (κ1) is 8.10. The number of rotatable bonds is 3. The Labute approximate surface area is 76.3 Å². The molecule has 3 nitrogen and oxygen atoms in total. The van der Waals surface area contributed by atoms with Crippen LogP contribution in [0.15, 0.2) is 18.2 Å². The molecule has 0 atom stereocenters. The maximum Gasteiger partial charge on any atom is 0.231 e. The van der Waals surface area contributed by atoms with Crippen LogP contribution in [0.2, 0.25) is 0 Å². The lowest BCUT2D eigenvalue weighted by molar-refractivity contribution is -0.107. The number of hydrogen-bond donors (Lipinski definition) is 0. The molecule has 1 aromatic carbocycles. The summed E-state index contributed by atoms with van der Waals surface area (Å²) in [4.78, 5) is 10.2. The normalized spacial score (nSPS) is 12.9. The summed E-state index contributed by atoms with van der Waals surface area (Å²) in [6.45, 7) is 0.285. The van der Waals surface area contributed by atoms with E-state index in [0.717, 1.165) is 29.8 Å². The summed E-state index contributed by atoms with van der Waals surface area (Å²) < 4.78 is 10.5. The smallest absolute Gasteiger partial charge is 0.231 e. The first-order valence-electron chi connectivity index (χ1n) is 4.23. The molecule has 0 aromatic heterocycles. The Kier molecular flexibility index (Phi) is 2.17. The van der Waals surface area contributed by atoms with Gasteiger partial charge in [0.15, 0.2) is 11.5 Å². The van der Waals surface area contributed by atoms with Crippen molar-refractivity contribution in [2.45, 2.75) is 12.8 Å². The fraction of sp³-hybridized carbons (Fsp3) is 0.300. The van der Waals surface area contributed by atoms with Crippen molar-refractivity contribution in [2.75, 3.05) is 6.79 Å². The minimum atomic E-state index is 0.285. The molecule has 13 heavy (non-hydrogen) atoms. The van der Waals surface area contributed by atoms with Crippen LogP contribution in [0.3, 0.4) is 0 Å². The van der Waals surface area contributed by atoms with Crippen molar-refractivity contribution in [1.82, 2.24) is 0 Å². The molecule has 1 aliphatic heterocycles. The fourth-order valence-corrected chi connectivity index (χ4v) is 1.40. The van der Waals surface area contributed by atoms with Crippen molar-refractivity contribution in [3.8, 4) is 11.5 Å². The minimum Gasteiger partial charge on any atom is -0.454 e. The standard InChI is InChI=1S/C10H10O3/c11-6-2-4-8-3-1-5-9-10(8)13-7-12-9/h1,3,5-6H,2,4,7H2. The molecule has 0 saturated heterocycles. The molecule has 0 aliphatic carbocycles. The number of ether oxygens (including phenoxy) is 2. The van der Waals surface area contributed by atoms with Gasteiger partial charge in [-0.25, -0.2) is 0 Å². The average Bonchev–Trinajstić information content (AvgIpc) is 2.62. The lowest BCUT2D eigenvalue weighted by Crippen LogP contribution is -1.94. The third-order valence-corrected chi connectivity index (χ3v) is 2.01. The van der Waals surface area contributed by atoms with Gasteiger partial charge in [-0.05, 0) is 18.1 Å². The van der Waals surface area contributed by atoms with E-state index in [1.165, 1.54) is 0 Å².